The number of hydrogen-bond donors (Lipinski definition) is 8. The monoisotopic (exact) mass is 506 g/mol. The molecule has 2 rings (SSSR count). The number of carbonyl (C=O) groups is 5. The summed E-state index contributed by atoms with van der Waals surface area (Å²) < 4.78 is 0. The predicted molar refractivity (Wildman–Crippen MR) is 123 cm³/mol. The lowest BCUT2D eigenvalue weighted by atomic mass is 10.0. The van der Waals surface area contributed by atoms with Gasteiger partial charge in [0.2, 0.25) is 17.7 Å². The Bertz CT molecular complexity index is 1040. The molecule has 2 aromatic rings. The minimum absolute atomic E-state index is 0.0503. The fourth-order valence-electron chi connectivity index (χ4n) is 3.25. The van der Waals surface area contributed by atoms with Crippen LogP contribution < -0.4 is 21.7 Å². The van der Waals surface area contributed by atoms with Crippen molar-refractivity contribution in [2.24, 2.45) is 11.7 Å². The van der Waals surface area contributed by atoms with Gasteiger partial charge < -0.3 is 41.9 Å². The molecule has 3 amide bonds. The van der Waals surface area contributed by atoms with Gasteiger partial charge in [0.25, 0.3) is 0 Å². The number of imidazole rings is 2. The number of amides is 3. The molecule has 0 saturated heterocycles. The number of aromatic nitrogens is 4. The number of H-pyrrole nitrogens is 2. The third-order valence-corrected chi connectivity index (χ3v) is 5.18. The average molecular weight is 507 g/mol. The number of nitrogens with two attached hydrogens (primary N) is 1. The third-order valence-electron chi connectivity index (χ3n) is 5.18. The van der Waals surface area contributed by atoms with Crippen molar-refractivity contribution in [3.8, 4) is 0 Å². The molecule has 0 aliphatic carbocycles. The van der Waals surface area contributed by atoms with Gasteiger partial charge in [0, 0.05) is 36.6 Å². The fourth-order valence-corrected chi connectivity index (χ4v) is 3.25. The molecule has 0 radical (unpaired) electrons. The van der Waals surface area contributed by atoms with Crippen molar-refractivity contribution in [3.05, 3.63) is 36.4 Å². The molecule has 4 unspecified atom stereocenters. The molecule has 2 heterocycles. The third kappa shape index (κ3) is 8.50. The summed E-state index contributed by atoms with van der Waals surface area (Å²) in [4.78, 5) is 74.3. The standard InChI is InChI=1S/C21H30N8O7/c1-10(2)17(29-18(32)13(22)5-16(30)31)20(34)27-14(3-11-6-23-8-25-11)19(33)28-15(21(35)36)4-12-7-24-9-26-12/h6-10,13-15,17H,3-5,22H2,1-2H3,(H,23,25)(H,24,26)(H,27,34)(H,28,33)(H,29,32)(H,30,31)(H,35,36). The molecule has 36 heavy (non-hydrogen) atoms. The van der Waals surface area contributed by atoms with E-state index in [4.69, 9.17) is 10.8 Å². The molecule has 9 N–H and O–H groups in total. The van der Waals surface area contributed by atoms with Crippen molar-refractivity contribution in [1.29, 1.82) is 0 Å². The number of nitrogens with zero attached hydrogens (tertiary/aromatic N) is 2. The Morgan fingerprint density at radius 3 is 1.83 bits per heavy atom. The lowest BCUT2D eigenvalue weighted by molar-refractivity contribution is -0.142. The Labute approximate surface area is 205 Å². The van der Waals surface area contributed by atoms with Crippen molar-refractivity contribution in [2.45, 2.75) is 57.3 Å². The predicted octanol–water partition coefficient (Wildman–Crippen LogP) is -2.08. The molecule has 0 aliphatic rings. The van der Waals surface area contributed by atoms with Gasteiger partial charge in [-0.2, -0.15) is 0 Å². The molecular weight excluding hydrogens is 476 g/mol. The van der Waals surface area contributed by atoms with Gasteiger partial charge in [0.15, 0.2) is 0 Å². The molecule has 4 atom stereocenters. The van der Waals surface area contributed by atoms with E-state index in [1.54, 1.807) is 13.8 Å². The first-order chi connectivity index (χ1) is 17.0. The Morgan fingerprint density at radius 1 is 0.861 bits per heavy atom. The lowest BCUT2D eigenvalue weighted by Gasteiger charge is -2.26. The average Bonchev–Trinajstić information content (AvgIpc) is 3.49. The maximum Gasteiger partial charge on any atom is 0.326 e. The normalized spacial score (nSPS) is 14.3. The van der Waals surface area contributed by atoms with E-state index in [1.165, 1.54) is 25.0 Å². The van der Waals surface area contributed by atoms with Gasteiger partial charge >= 0.3 is 11.9 Å². The van der Waals surface area contributed by atoms with Crippen LogP contribution in [0.4, 0.5) is 0 Å². The van der Waals surface area contributed by atoms with Gasteiger partial charge in [-0.05, 0) is 5.92 Å². The summed E-state index contributed by atoms with van der Waals surface area (Å²) in [6, 6.07) is -5.06. The number of rotatable bonds is 14. The molecule has 0 saturated carbocycles. The second-order valence-corrected chi connectivity index (χ2v) is 8.46. The van der Waals surface area contributed by atoms with Crippen LogP contribution in [0.15, 0.2) is 25.0 Å². The summed E-state index contributed by atoms with van der Waals surface area (Å²) in [6.07, 6.45) is 4.87. The molecule has 15 nitrogen and oxygen atoms in total. The Hall–Kier alpha value is -4.27. The van der Waals surface area contributed by atoms with Crippen molar-refractivity contribution in [1.82, 2.24) is 35.9 Å². The second kappa shape index (κ2) is 13.0. The van der Waals surface area contributed by atoms with Crippen LogP contribution in [0, 0.1) is 5.92 Å². The van der Waals surface area contributed by atoms with Crippen LogP contribution in [0.25, 0.3) is 0 Å². The van der Waals surface area contributed by atoms with Crippen molar-refractivity contribution < 1.29 is 34.2 Å². The summed E-state index contributed by atoms with van der Waals surface area (Å²) in [5.41, 5.74) is 6.56. The fraction of sp³-hybridized carbons (Fsp3) is 0.476. The first-order valence-corrected chi connectivity index (χ1v) is 11.0. The zero-order valence-corrected chi connectivity index (χ0v) is 19.7. The highest BCUT2D eigenvalue weighted by Gasteiger charge is 2.32. The van der Waals surface area contributed by atoms with Crippen molar-refractivity contribution >= 4 is 29.7 Å². The molecule has 0 bridgehead atoms. The van der Waals surface area contributed by atoms with E-state index in [9.17, 15) is 29.1 Å². The Morgan fingerprint density at radius 2 is 1.39 bits per heavy atom. The van der Waals surface area contributed by atoms with E-state index in [2.05, 4.69) is 35.9 Å². The Balaban J connectivity index is 2.17. The topological polar surface area (TPSA) is 245 Å². The van der Waals surface area contributed by atoms with Crippen LogP contribution in [-0.2, 0) is 36.8 Å². The van der Waals surface area contributed by atoms with E-state index in [0.29, 0.717) is 11.4 Å². The van der Waals surface area contributed by atoms with E-state index in [-0.39, 0.29) is 12.8 Å². The number of carbonyl (C=O) groups excluding carboxylic acids is 3. The molecule has 2 aromatic heterocycles. The van der Waals surface area contributed by atoms with Crippen LogP contribution in [-0.4, -0.2) is 84.0 Å². The van der Waals surface area contributed by atoms with Crippen molar-refractivity contribution in [3.63, 3.8) is 0 Å². The molecule has 0 spiro atoms. The molecule has 0 aromatic carbocycles. The summed E-state index contributed by atoms with van der Waals surface area (Å²) in [5.74, 6) is -5.37. The number of nitrogens with one attached hydrogen (secondary N) is 5. The summed E-state index contributed by atoms with van der Waals surface area (Å²) in [5, 5.41) is 25.8. The highest BCUT2D eigenvalue weighted by molar-refractivity contribution is 5.95. The highest BCUT2D eigenvalue weighted by atomic mass is 16.4. The highest BCUT2D eigenvalue weighted by Crippen LogP contribution is 2.07. The summed E-state index contributed by atoms with van der Waals surface area (Å²) >= 11 is 0. The van der Waals surface area contributed by atoms with Gasteiger partial charge in [-0.15, -0.1) is 0 Å². The van der Waals surface area contributed by atoms with E-state index >= 15 is 0 Å². The van der Waals surface area contributed by atoms with Crippen molar-refractivity contribution in [2.75, 3.05) is 0 Å². The summed E-state index contributed by atoms with van der Waals surface area (Å²) in [7, 11) is 0. The molecule has 0 fully saturated rings. The Kier molecular flexibility index (Phi) is 10.1. The van der Waals surface area contributed by atoms with Crippen LogP contribution in [0.1, 0.15) is 31.7 Å². The van der Waals surface area contributed by atoms with E-state index in [0.717, 1.165) is 0 Å². The maximum absolute atomic E-state index is 13.1. The quantitative estimate of drug-likeness (QED) is 0.139. The minimum Gasteiger partial charge on any atom is -0.481 e. The van der Waals surface area contributed by atoms with Gasteiger partial charge in [-0.1, -0.05) is 13.8 Å². The zero-order valence-electron chi connectivity index (χ0n) is 19.7. The largest absolute Gasteiger partial charge is 0.481 e. The first-order valence-electron chi connectivity index (χ1n) is 11.0. The molecular formula is C21H30N8O7. The number of carboxylic acid groups (broad SMARTS) is 2. The number of aromatic amines is 2. The van der Waals surface area contributed by atoms with E-state index < -0.39 is 66.2 Å². The van der Waals surface area contributed by atoms with Gasteiger partial charge in [0.1, 0.15) is 18.1 Å². The van der Waals surface area contributed by atoms with Gasteiger partial charge in [0.05, 0.1) is 25.1 Å². The lowest BCUT2D eigenvalue weighted by Crippen LogP contribution is -2.59. The van der Waals surface area contributed by atoms with Crippen LogP contribution in [0.2, 0.25) is 0 Å². The summed E-state index contributed by atoms with van der Waals surface area (Å²) in [6.45, 7) is 3.28. The number of aliphatic carboxylic acids is 2. The van der Waals surface area contributed by atoms with Crippen LogP contribution in [0.5, 0.6) is 0 Å². The maximum atomic E-state index is 13.1. The number of hydrogen-bond acceptors (Lipinski definition) is 8. The molecule has 196 valence electrons. The number of carboxylic acids is 2. The van der Waals surface area contributed by atoms with Crippen LogP contribution in [0.3, 0.4) is 0 Å². The minimum atomic E-state index is -1.38. The van der Waals surface area contributed by atoms with Gasteiger partial charge in [-0.3, -0.25) is 19.2 Å². The zero-order chi connectivity index (χ0) is 26.8. The van der Waals surface area contributed by atoms with Crippen LogP contribution >= 0.6 is 0 Å². The van der Waals surface area contributed by atoms with Gasteiger partial charge in [-0.25, -0.2) is 14.8 Å². The second-order valence-electron chi connectivity index (χ2n) is 8.46. The SMILES string of the molecule is CC(C)C(NC(=O)C(N)CC(=O)O)C(=O)NC(Cc1cnc[nH]1)C(=O)NC(Cc1cnc[nH]1)C(=O)O. The molecule has 15 heteroatoms. The molecule has 0 aliphatic heterocycles. The van der Waals surface area contributed by atoms with E-state index in [1.807, 2.05) is 0 Å². The smallest absolute Gasteiger partial charge is 0.326 e. The first kappa shape index (κ1) is 28.0.